The number of amides is 1. The Hall–Kier alpha value is -3.15. The van der Waals surface area contributed by atoms with E-state index < -0.39 is 0 Å². The van der Waals surface area contributed by atoms with Gasteiger partial charge in [-0.15, -0.1) is 0 Å². The van der Waals surface area contributed by atoms with Crippen LogP contribution in [0.4, 0.5) is 15.8 Å². The van der Waals surface area contributed by atoms with Gasteiger partial charge in [0, 0.05) is 11.8 Å². The van der Waals surface area contributed by atoms with Crippen LogP contribution in [0.2, 0.25) is 0 Å². The maximum absolute atomic E-state index is 13.2. The molecule has 0 aliphatic rings. The lowest BCUT2D eigenvalue weighted by atomic mass is 9.86. The van der Waals surface area contributed by atoms with Gasteiger partial charge in [-0.3, -0.25) is 14.7 Å². The second kappa shape index (κ2) is 7.23. The second-order valence-corrected chi connectivity index (χ2v) is 7.31. The van der Waals surface area contributed by atoms with E-state index in [-0.39, 0.29) is 11.2 Å². The first-order chi connectivity index (χ1) is 12.8. The van der Waals surface area contributed by atoms with Crippen molar-refractivity contribution in [1.82, 2.24) is 15.0 Å². The Morgan fingerprint density at radius 3 is 2.19 bits per heavy atom. The molecule has 0 aliphatic heterocycles. The Morgan fingerprint density at radius 1 is 1.00 bits per heavy atom. The molecule has 1 aromatic carbocycles. The Balaban J connectivity index is 2.17. The zero-order valence-electron chi connectivity index (χ0n) is 15.8. The van der Waals surface area contributed by atoms with Gasteiger partial charge in [-0.25, -0.2) is 14.4 Å². The van der Waals surface area contributed by atoms with Crippen LogP contribution in [0.15, 0.2) is 48.9 Å². The molecule has 3 rings (SSSR count). The third-order valence-corrected chi connectivity index (χ3v) is 4.24. The largest absolute Gasteiger partial charge is 0.280 e. The lowest BCUT2D eigenvalue weighted by molar-refractivity contribution is -0.106. The fraction of sp³-hybridized carbons (Fsp3) is 0.238. The van der Waals surface area contributed by atoms with Crippen molar-refractivity contribution in [2.45, 2.75) is 33.1 Å². The van der Waals surface area contributed by atoms with Crippen LogP contribution in [-0.4, -0.2) is 21.4 Å². The molecule has 0 bridgehead atoms. The highest BCUT2D eigenvalue weighted by molar-refractivity contribution is 5.88. The van der Waals surface area contributed by atoms with Gasteiger partial charge in [0.15, 0.2) is 0 Å². The van der Waals surface area contributed by atoms with Crippen molar-refractivity contribution in [2.24, 2.45) is 0 Å². The van der Waals surface area contributed by atoms with Crippen LogP contribution in [0, 0.1) is 12.7 Å². The van der Waals surface area contributed by atoms with Crippen molar-refractivity contribution in [3.8, 4) is 11.3 Å². The molecule has 1 amide bonds. The number of pyridine rings is 1. The lowest BCUT2D eigenvalue weighted by Crippen LogP contribution is -2.22. The third-order valence-electron chi connectivity index (χ3n) is 4.24. The van der Waals surface area contributed by atoms with Gasteiger partial charge in [0.1, 0.15) is 11.6 Å². The van der Waals surface area contributed by atoms with E-state index in [9.17, 15) is 9.18 Å². The average molecular weight is 364 g/mol. The number of hydrogen-bond donors (Lipinski definition) is 0. The number of benzene rings is 1. The number of rotatable bonds is 4. The number of halogens is 1. The normalized spacial score (nSPS) is 11.3. The van der Waals surface area contributed by atoms with E-state index in [2.05, 4.69) is 35.7 Å². The first-order valence-corrected chi connectivity index (χ1v) is 8.59. The molecule has 0 spiro atoms. The van der Waals surface area contributed by atoms with Crippen LogP contribution in [0.5, 0.6) is 0 Å². The van der Waals surface area contributed by atoms with E-state index in [1.807, 2.05) is 6.07 Å². The van der Waals surface area contributed by atoms with E-state index in [1.54, 1.807) is 37.6 Å². The summed E-state index contributed by atoms with van der Waals surface area (Å²) in [7, 11) is 0. The first-order valence-electron chi connectivity index (χ1n) is 8.59. The van der Waals surface area contributed by atoms with E-state index in [0.717, 1.165) is 17.5 Å². The molecule has 3 aromatic rings. The molecular formula is C21H21FN4O. The van der Waals surface area contributed by atoms with Crippen molar-refractivity contribution in [3.05, 3.63) is 66.1 Å². The fourth-order valence-corrected chi connectivity index (χ4v) is 2.77. The van der Waals surface area contributed by atoms with Crippen molar-refractivity contribution < 1.29 is 9.18 Å². The lowest BCUT2D eigenvalue weighted by Gasteiger charge is -2.27. The molecule has 0 atom stereocenters. The molecule has 5 nitrogen and oxygen atoms in total. The summed E-state index contributed by atoms with van der Waals surface area (Å²) in [5.74, 6) is 0.319. The van der Waals surface area contributed by atoms with Gasteiger partial charge in [0.2, 0.25) is 6.41 Å². The van der Waals surface area contributed by atoms with Gasteiger partial charge in [-0.05, 0) is 48.2 Å². The van der Waals surface area contributed by atoms with Crippen molar-refractivity contribution in [2.75, 3.05) is 4.90 Å². The standard InChI is InChI=1S/C21H21FN4O/c1-14-23-10-17(11-24-14)26(13-27)20-9-19(15-5-7-16(22)8-6-15)25-12-18(20)21(2,3)4/h5-13H,1-4H3. The Bertz CT molecular complexity index is 947. The van der Waals surface area contributed by atoms with Crippen molar-refractivity contribution >= 4 is 17.8 Å². The molecule has 0 saturated heterocycles. The molecule has 0 radical (unpaired) electrons. The molecule has 0 aliphatic carbocycles. The predicted octanol–water partition coefficient (Wildman–Crippen LogP) is 4.58. The average Bonchev–Trinajstić information content (AvgIpc) is 2.63. The SMILES string of the molecule is Cc1ncc(N(C=O)c2cc(-c3ccc(F)cc3)ncc2C(C)(C)C)cn1. The van der Waals surface area contributed by atoms with Crippen LogP contribution in [0.1, 0.15) is 32.2 Å². The number of aryl methyl sites for hydroxylation is 1. The summed E-state index contributed by atoms with van der Waals surface area (Å²) < 4.78 is 13.2. The van der Waals surface area contributed by atoms with Gasteiger partial charge >= 0.3 is 0 Å². The van der Waals surface area contributed by atoms with Gasteiger partial charge in [0.25, 0.3) is 0 Å². The monoisotopic (exact) mass is 364 g/mol. The molecule has 0 unspecified atom stereocenters. The summed E-state index contributed by atoms with van der Waals surface area (Å²) in [5, 5.41) is 0. The molecule has 27 heavy (non-hydrogen) atoms. The van der Waals surface area contributed by atoms with Gasteiger partial charge in [-0.2, -0.15) is 0 Å². The molecule has 6 heteroatoms. The Kier molecular flexibility index (Phi) is 4.99. The van der Waals surface area contributed by atoms with Crippen molar-refractivity contribution in [3.63, 3.8) is 0 Å². The number of aromatic nitrogens is 3. The van der Waals surface area contributed by atoms with Crippen LogP contribution in [0.3, 0.4) is 0 Å². The third kappa shape index (κ3) is 4.00. The number of carbonyl (C=O) groups excluding carboxylic acids is 1. The minimum atomic E-state index is -0.309. The highest BCUT2D eigenvalue weighted by Crippen LogP contribution is 2.36. The highest BCUT2D eigenvalue weighted by atomic mass is 19.1. The maximum atomic E-state index is 13.2. The van der Waals surface area contributed by atoms with E-state index in [0.29, 0.717) is 22.9 Å². The Labute approximate surface area is 157 Å². The molecule has 0 fully saturated rings. The number of nitrogens with zero attached hydrogens (tertiary/aromatic N) is 4. The molecule has 2 aromatic heterocycles. The zero-order chi connectivity index (χ0) is 19.6. The molecule has 0 N–H and O–H groups in total. The second-order valence-electron chi connectivity index (χ2n) is 7.31. The predicted molar refractivity (Wildman–Crippen MR) is 103 cm³/mol. The Morgan fingerprint density at radius 2 is 1.63 bits per heavy atom. The smallest absolute Gasteiger partial charge is 0.218 e. The highest BCUT2D eigenvalue weighted by Gasteiger charge is 2.24. The quantitative estimate of drug-likeness (QED) is 0.636. The van der Waals surface area contributed by atoms with Gasteiger partial charge in [0.05, 0.1) is 29.5 Å². The number of carbonyl (C=O) groups is 1. The topological polar surface area (TPSA) is 59.0 Å². The van der Waals surface area contributed by atoms with Crippen LogP contribution in [-0.2, 0) is 10.2 Å². The minimum Gasteiger partial charge on any atom is -0.280 e. The summed E-state index contributed by atoms with van der Waals surface area (Å²) in [6.07, 6.45) is 5.73. The fourth-order valence-electron chi connectivity index (χ4n) is 2.77. The van der Waals surface area contributed by atoms with Crippen molar-refractivity contribution in [1.29, 1.82) is 0 Å². The minimum absolute atomic E-state index is 0.240. The maximum Gasteiger partial charge on any atom is 0.218 e. The van der Waals surface area contributed by atoms with Crippen LogP contribution >= 0.6 is 0 Å². The van der Waals surface area contributed by atoms with E-state index >= 15 is 0 Å². The van der Waals surface area contributed by atoms with E-state index in [1.165, 1.54) is 17.0 Å². The first kappa shape index (κ1) is 18.6. The van der Waals surface area contributed by atoms with Crippen LogP contribution < -0.4 is 4.90 Å². The van der Waals surface area contributed by atoms with Gasteiger partial charge < -0.3 is 0 Å². The number of anilines is 2. The molecule has 2 heterocycles. The summed E-state index contributed by atoms with van der Waals surface area (Å²) in [6.45, 7) is 7.95. The van der Waals surface area contributed by atoms with E-state index in [4.69, 9.17) is 0 Å². The molecule has 0 saturated carbocycles. The molecule has 138 valence electrons. The number of hydrogen-bond acceptors (Lipinski definition) is 4. The summed E-state index contributed by atoms with van der Waals surface area (Å²) in [6, 6.07) is 7.94. The summed E-state index contributed by atoms with van der Waals surface area (Å²) >= 11 is 0. The molecular weight excluding hydrogens is 343 g/mol. The summed E-state index contributed by atoms with van der Waals surface area (Å²) in [5.41, 5.74) is 3.34. The summed E-state index contributed by atoms with van der Waals surface area (Å²) in [4.78, 5) is 26.4. The van der Waals surface area contributed by atoms with Gasteiger partial charge in [-0.1, -0.05) is 20.8 Å². The van der Waals surface area contributed by atoms with Crippen LogP contribution in [0.25, 0.3) is 11.3 Å². The zero-order valence-corrected chi connectivity index (χ0v) is 15.8.